The van der Waals surface area contributed by atoms with Crippen LogP contribution in [0.4, 0.5) is 5.69 Å². The lowest BCUT2D eigenvalue weighted by atomic mass is 10.1. The number of benzene rings is 3. The van der Waals surface area contributed by atoms with Gasteiger partial charge in [-0.05, 0) is 73.5 Å². The average Bonchev–Trinajstić information content (AvgIpc) is 2.80. The van der Waals surface area contributed by atoms with E-state index in [0.717, 1.165) is 11.3 Å². The summed E-state index contributed by atoms with van der Waals surface area (Å²) in [6.45, 7) is 4.03. The van der Waals surface area contributed by atoms with Gasteiger partial charge in [0.2, 0.25) is 5.91 Å². The number of thioether (sulfide) groups is 1. The predicted octanol–water partition coefficient (Wildman–Crippen LogP) is 4.74. The van der Waals surface area contributed by atoms with E-state index in [2.05, 4.69) is 10.3 Å². The van der Waals surface area contributed by atoms with E-state index in [1.807, 2.05) is 44.2 Å². The van der Waals surface area contributed by atoms with Crippen LogP contribution in [0.15, 0.2) is 76.7 Å². The second kappa shape index (κ2) is 9.28. The van der Waals surface area contributed by atoms with Crippen molar-refractivity contribution in [1.82, 2.24) is 9.55 Å². The molecule has 1 N–H and O–H groups in total. The van der Waals surface area contributed by atoms with Gasteiger partial charge >= 0.3 is 0 Å². The molecule has 0 radical (unpaired) electrons. The van der Waals surface area contributed by atoms with Gasteiger partial charge < -0.3 is 10.1 Å². The summed E-state index contributed by atoms with van der Waals surface area (Å²) in [5.41, 5.74) is 4.10. The molecule has 7 heteroatoms. The predicted molar refractivity (Wildman–Crippen MR) is 129 cm³/mol. The number of ether oxygens (including phenoxy) is 1. The number of aryl methyl sites for hydroxylation is 2. The number of anilines is 1. The minimum absolute atomic E-state index is 0.119. The van der Waals surface area contributed by atoms with Crippen LogP contribution in [0.2, 0.25) is 0 Å². The first-order chi connectivity index (χ1) is 15.5. The summed E-state index contributed by atoms with van der Waals surface area (Å²) >= 11 is 1.22. The van der Waals surface area contributed by atoms with Gasteiger partial charge in [-0.1, -0.05) is 30.0 Å². The quantitative estimate of drug-likeness (QED) is 0.343. The van der Waals surface area contributed by atoms with Crippen molar-refractivity contribution in [2.24, 2.45) is 0 Å². The van der Waals surface area contributed by atoms with Crippen LogP contribution in [0.25, 0.3) is 16.6 Å². The SMILES string of the molecule is COc1ccc(-n2c(SCC(=O)Nc3ccc(C)c(C)c3)nc3ccccc3c2=O)cc1. The van der Waals surface area contributed by atoms with Gasteiger partial charge in [0, 0.05) is 5.69 Å². The number of rotatable bonds is 6. The molecule has 0 saturated heterocycles. The molecule has 1 aromatic heterocycles. The molecule has 162 valence electrons. The molecule has 1 heterocycles. The Balaban J connectivity index is 1.65. The first kappa shape index (κ1) is 21.6. The molecule has 4 rings (SSSR count). The largest absolute Gasteiger partial charge is 0.497 e. The first-order valence-corrected chi connectivity index (χ1v) is 11.1. The van der Waals surface area contributed by atoms with E-state index in [-0.39, 0.29) is 17.2 Å². The van der Waals surface area contributed by atoms with Crippen molar-refractivity contribution in [2.45, 2.75) is 19.0 Å². The number of para-hydroxylation sites is 1. The summed E-state index contributed by atoms with van der Waals surface area (Å²) in [6.07, 6.45) is 0. The molecule has 0 atom stereocenters. The fourth-order valence-corrected chi connectivity index (χ4v) is 4.13. The Kier molecular flexibility index (Phi) is 6.28. The van der Waals surface area contributed by atoms with E-state index >= 15 is 0 Å². The summed E-state index contributed by atoms with van der Waals surface area (Å²) in [6, 6.07) is 20.2. The normalized spacial score (nSPS) is 10.8. The molecule has 0 aliphatic heterocycles. The van der Waals surface area contributed by atoms with Gasteiger partial charge in [0.15, 0.2) is 5.16 Å². The third-order valence-corrected chi connectivity index (χ3v) is 6.14. The van der Waals surface area contributed by atoms with Crippen LogP contribution in [0.3, 0.4) is 0 Å². The van der Waals surface area contributed by atoms with Crippen LogP contribution < -0.4 is 15.6 Å². The molecule has 0 spiro atoms. The molecule has 1 amide bonds. The Hall–Kier alpha value is -3.58. The van der Waals surface area contributed by atoms with Crippen LogP contribution in [-0.4, -0.2) is 28.3 Å². The van der Waals surface area contributed by atoms with E-state index in [9.17, 15) is 9.59 Å². The van der Waals surface area contributed by atoms with Gasteiger partial charge in [-0.15, -0.1) is 0 Å². The van der Waals surface area contributed by atoms with Crippen molar-refractivity contribution >= 4 is 34.3 Å². The van der Waals surface area contributed by atoms with Crippen LogP contribution >= 0.6 is 11.8 Å². The molecular formula is C25H23N3O3S. The second-order valence-corrected chi connectivity index (χ2v) is 8.33. The minimum atomic E-state index is -0.183. The number of carbonyl (C=O) groups is 1. The van der Waals surface area contributed by atoms with Crippen molar-refractivity contribution in [2.75, 3.05) is 18.2 Å². The topological polar surface area (TPSA) is 73.2 Å². The third kappa shape index (κ3) is 4.53. The smallest absolute Gasteiger partial charge is 0.266 e. The van der Waals surface area contributed by atoms with Gasteiger partial charge in [-0.3, -0.25) is 14.2 Å². The number of amides is 1. The number of methoxy groups -OCH3 is 1. The molecule has 0 bridgehead atoms. The molecule has 32 heavy (non-hydrogen) atoms. The van der Waals surface area contributed by atoms with Crippen molar-refractivity contribution in [3.63, 3.8) is 0 Å². The van der Waals surface area contributed by atoms with E-state index in [1.54, 1.807) is 43.5 Å². The number of carbonyl (C=O) groups excluding carboxylic acids is 1. The maximum atomic E-state index is 13.3. The fraction of sp³-hybridized carbons (Fsp3) is 0.160. The average molecular weight is 446 g/mol. The highest BCUT2D eigenvalue weighted by atomic mass is 32.2. The van der Waals surface area contributed by atoms with Crippen molar-refractivity contribution in [3.05, 3.63) is 88.2 Å². The first-order valence-electron chi connectivity index (χ1n) is 10.1. The van der Waals surface area contributed by atoms with Crippen molar-refractivity contribution in [3.8, 4) is 11.4 Å². The maximum Gasteiger partial charge on any atom is 0.266 e. The van der Waals surface area contributed by atoms with Crippen LogP contribution in [0.5, 0.6) is 5.75 Å². The molecule has 6 nitrogen and oxygen atoms in total. The minimum Gasteiger partial charge on any atom is -0.497 e. The standard InChI is InChI=1S/C25H23N3O3S/c1-16-8-9-18(14-17(16)2)26-23(29)15-32-25-27-22-7-5-4-6-21(22)24(30)28(25)19-10-12-20(31-3)13-11-19/h4-14H,15H2,1-3H3,(H,26,29). The van der Waals surface area contributed by atoms with E-state index in [0.29, 0.717) is 27.5 Å². The zero-order chi connectivity index (χ0) is 22.7. The Bertz CT molecular complexity index is 1350. The maximum absolute atomic E-state index is 13.3. The third-order valence-electron chi connectivity index (χ3n) is 5.20. The number of aromatic nitrogens is 2. The lowest BCUT2D eigenvalue weighted by molar-refractivity contribution is -0.113. The molecule has 4 aromatic rings. The highest BCUT2D eigenvalue weighted by molar-refractivity contribution is 7.99. The van der Waals surface area contributed by atoms with Crippen molar-refractivity contribution in [1.29, 1.82) is 0 Å². The number of nitrogens with zero attached hydrogens (tertiary/aromatic N) is 2. The molecule has 0 aliphatic rings. The van der Waals surface area contributed by atoms with Gasteiger partial charge in [0.1, 0.15) is 5.75 Å². The number of hydrogen-bond acceptors (Lipinski definition) is 5. The molecule has 0 fully saturated rings. The summed E-state index contributed by atoms with van der Waals surface area (Å²) < 4.78 is 6.76. The lowest BCUT2D eigenvalue weighted by Gasteiger charge is -2.14. The van der Waals surface area contributed by atoms with Gasteiger partial charge in [0.05, 0.1) is 29.5 Å². The Morgan fingerprint density at radius 3 is 2.50 bits per heavy atom. The molecule has 0 aliphatic carbocycles. The Morgan fingerprint density at radius 2 is 1.78 bits per heavy atom. The highest BCUT2D eigenvalue weighted by Gasteiger charge is 2.15. The van der Waals surface area contributed by atoms with E-state index in [1.165, 1.54) is 21.9 Å². The van der Waals surface area contributed by atoms with E-state index in [4.69, 9.17) is 4.74 Å². The zero-order valence-electron chi connectivity index (χ0n) is 18.1. The Labute approximate surface area is 190 Å². The number of fused-ring (bicyclic) bond motifs is 1. The lowest BCUT2D eigenvalue weighted by Crippen LogP contribution is -2.23. The molecule has 3 aromatic carbocycles. The van der Waals surface area contributed by atoms with Gasteiger partial charge in [0.25, 0.3) is 5.56 Å². The zero-order valence-corrected chi connectivity index (χ0v) is 18.9. The van der Waals surface area contributed by atoms with Crippen LogP contribution in [0, 0.1) is 13.8 Å². The Morgan fingerprint density at radius 1 is 1.03 bits per heavy atom. The van der Waals surface area contributed by atoms with Crippen LogP contribution in [-0.2, 0) is 4.79 Å². The summed E-state index contributed by atoms with van der Waals surface area (Å²) in [7, 11) is 1.59. The molecular weight excluding hydrogens is 422 g/mol. The summed E-state index contributed by atoms with van der Waals surface area (Å²) in [4.78, 5) is 30.6. The van der Waals surface area contributed by atoms with Crippen molar-refractivity contribution < 1.29 is 9.53 Å². The van der Waals surface area contributed by atoms with E-state index < -0.39 is 0 Å². The van der Waals surface area contributed by atoms with Crippen LogP contribution in [0.1, 0.15) is 11.1 Å². The summed E-state index contributed by atoms with van der Waals surface area (Å²) in [5, 5.41) is 3.89. The second-order valence-electron chi connectivity index (χ2n) is 7.39. The number of hydrogen-bond donors (Lipinski definition) is 1. The number of nitrogens with one attached hydrogen (secondary N) is 1. The van der Waals surface area contributed by atoms with Gasteiger partial charge in [-0.25, -0.2) is 4.98 Å². The molecule has 0 unspecified atom stereocenters. The fourth-order valence-electron chi connectivity index (χ4n) is 3.31. The molecule has 0 saturated carbocycles. The highest BCUT2D eigenvalue weighted by Crippen LogP contribution is 2.23. The summed E-state index contributed by atoms with van der Waals surface area (Å²) in [5.74, 6) is 0.646. The monoisotopic (exact) mass is 445 g/mol. The van der Waals surface area contributed by atoms with Gasteiger partial charge in [-0.2, -0.15) is 0 Å².